The van der Waals surface area contributed by atoms with Gasteiger partial charge >= 0.3 is 0 Å². The van der Waals surface area contributed by atoms with Crippen LogP contribution in [0.3, 0.4) is 0 Å². The van der Waals surface area contributed by atoms with Gasteiger partial charge in [-0.1, -0.05) is 12.1 Å². The first-order chi connectivity index (χ1) is 8.56. The molecule has 0 aromatic heterocycles. The fourth-order valence-electron chi connectivity index (χ4n) is 2.54. The molecule has 0 radical (unpaired) electrons. The number of para-hydroxylation sites is 1. The summed E-state index contributed by atoms with van der Waals surface area (Å²) in [5.74, 6) is 0.0892. The molecular formula is C13H18BrN3O. The van der Waals surface area contributed by atoms with E-state index in [0.717, 1.165) is 16.7 Å². The van der Waals surface area contributed by atoms with Gasteiger partial charge in [-0.05, 0) is 35.0 Å². The molecule has 2 unspecified atom stereocenters. The van der Waals surface area contributed by atoms with Crippen LogP contribution in [-0.2, 0) is 4.79 Å². The molecule has 1 aliphatic heterocycles. The second-order valence-electron chi connectivity index (χ2n) is 4.68. The zero-order chi connectivity index (χ0) is 13.3. The van der Waals surface area contributed by atoms with Gasteiger partial charge in [0.1, 0.15) is 6.04 Å². The number of nitrogens with zero attached hydrogens (tertiary/aromatic N) is 2. The predicted octanol–water partition coefficient (Wildman–Crippen LogP) is 1.44. The minimum absolute atomic E-state index is 0.0892. The van der Waals surface area contributed by atoms with E-state index in [-0.39, 0.29) is 18.0 Å². The Morgan fingerprint density at radius 3 is 2.72 bits per heavy atom. The molecule has 1 heterocycles. The van der Waals surface area contributed by atoms with Crippen molar-refractivity contribution < 1.29 is 4.79 Å². The van der Waals surface area contributed by atoms with Gasteiger partial charge in [-0.2, -0.15) is 0 Å². The number of benzene rings is 1. The number of hydrogen-bond donors (Lipinski definition) is 1. The summed E-state index contributed by atoms with van der Waals surface area (Å²) in [7, 11) is 1.83. The third-order valence-corrected chi connectivity index (χ3v) is 4.03. The zero-order valence-corrected chi connectivity index (χ0v) is 12.2. The Balaban J connectivity index is 2.41. The maximum atomic E-state index is 12.2. The van der Waals surface area contributed by atoms with Crippen LogP contribution in [-0.4, -0.2) is 43.0 Å². The van der Waals surface area contributed by atoms with Crippen molar-refractivity contribution in [1.29, 1.82) is 0 Å². The number of piperazine rings is 1. The second-order valence-corrected chi connectivity index (χ2v) is 5.53. The Morgan fingerprint density at radius 1 is 1.44 bits per heavy atom. The van der Waals surface area contributed by atoms with Crippen LogP contribution in [0.2, 0.25) is 0 Å². The number of amides is 1. The lowest BCUT2D eigenvalue weighted by molar-refractivity contribution is -0.133. The predicted molar refractivity (Wildman–Crippen MR) is 76.6 cm³/mol. The number of halogens is 1. The quantitative estimate of drug-likeness (QED) is 0.899. The lowest BCUT2D eigenvalue weighted by Crippen LogP contribution is -2.62. The molecule has 0 aliphatic carbocycles. The summed E-state index contributed by atoms with van der Waals surface area (Å²) in [4.78, 5) is 16.1. The summed E-state index contributed by atoms with van der Waals surface area (Å²) in [6.45, 7) is 3.16. The van der Waals surface area contributed by atoms with Gasteiger partial charge in [-0.15, -0.1) is 0 Å². The van der Waals surface area contributed by atoms with Crippen LogP contribution in [0.5, 0.6) is 0 Å². The van der Waals surface area contributed by atoms with E-state index in [0.29, 0.717) is 6.54 Å². The monoisotopic (exact) mass is 311 g/mol. The highest BCUT2D eigenvalue weighted by Crippen LogP contribution is 2.31. The van der Waals surface area contributed by atoms with Crippen molar-refractivity contribution in [3.63, 3.8) is 0 Å². The standard InChI is InChI=1S/C13H18BrN3O/c1-9-8-16(2)13(18)12(7-15)17(9)11-6-4-3-5-10(11)14/h3-6,9,12H,7-8,15H2,1-2H3. The van der Waals surface area contributed by atoms with E-state index in [1.165, 1.54) is 0 Å². The van der Waals surface area contributed by atoms with Crippen LogP contribution in [0.4, 0.5) is 5.69 Å². The van der Waals surface area contributed by atoms with Crippen LogP contribution in [0.1, 0.15) is 6.92 Å². The lowest BCUT2D eigenvalue weighted by Gasteiger charge is -2.45. The average Bonchev–Trinajstić information content (AvgIpc) is 2.34. The molecule has 2 atom stereocenters. The molecule has 4 nitrogen and oxygen atoms in total. The summed E-state index contributed by atoms with van der Waals surface area (Å²) >= 11 is 3.54. The molecule has 1 fully saturated rings. The van der Waals surface area contributed by atoms with E-state index in [9.17, 15) is 4.79 Å². The molecule has 98 valence electrons. The number of anilines is 1. The van der Waals surface area contributed by atoms with Crippen molar-refractivity contribution in [2.24, 2.45) is 5.73 Å². The number of nitrogens with two attached hydrogens (primary N) is 1. The fourth-order valence-corrected chi connectivity index (χ4v) is 3.03. The van der Waals surface area contributed by atoms with Crippen LogP contribution in [0, 0.1) is 0 Å². The molecule has 1 aromatic rings. The molecule has 18 heavy (non-hydrogen) atoms. The largest absolute Gasteiger partial charge is 0.353 e. The molecule has 0 saturated carbocycles. The van der Waals surface area contributed by atoms with E-state index in [1.807, 2.05) is 31.3 Å². The smallest absolute Gasteiger partial charge is 0.246 e. The second kappa shape index (κ2) is 5.28. The first-order valence-corrected chi connectivity index (χ1v) is 6.83. The Morgan fingerprint density at radius 2 is 2.11 bits per heavy atom. The zero-order valence-electron chi connectivity index (χ0n) is 10.6. The van der Waals surface area contributed by atoms with Crippen LogP contribution >= 0.6 is 15.9 Å². The van der Waals surface area contributed by atoms with Crippen LogP contribution < -0.4 is 10.6 Å². The van der Waals surface area contributed by atoms with Crippen molar-refractivity contribution in [2.75, 3.05) is 25.0 Å². The minimum atomic E-state index is -0.280. The molecular weight excluding hydrogens is 294 g/mol. The summed E-state index contributed by atoms with van der Waals surface area (Å²) in [6, 6.07) is 7.91. The molecule has 0 spiro atoms. The average molecular weight is 312 g/mol. The summed E-state index contributed by atoms with van der Waals surface area (Å²) in [5, 5.41) is 0. The van der Waals surface area contributed by atoms with E-state index in [1.54, 1.807) is 4.90 Å². The highest BCUT2D eigenvalue weighted by Gasteiger charge is 2.37. The van der Waals surface area contributed by atoms with Gasteiger partial charge in [0.25, 0.3) is 0 Å². The van der Waals surface area contributed by atoms with Gasteiger partial charge < -0.3 is 15.5 Å². The lowest BCUT2D eigenvalue weighted by atomic mass is 10.0. The van der Waals surface area contributed by atoms with Gasteiger partial charge in [0.2, 0.25) is 5.91 Å². The normalized spacial score (nSPS) is 24.6. The Kier molecular flexibility index (Phi) is 3.92. The van der Waals surface area contributed by atoms with Crippen molar-refractivity contribution in [3.8, 4) is 0 Å². The first-order valence-electron chi connectivity index (χ1n) is 6.04. The van der Waals surface area contributed by atoms with E-state index >= 15 is 0 Å². The minimum Gasteiger partial charge on any atom is -0.353 e. The Labute approximate surface area is 116 Å². The summed E-state index contributed by atoms with van der Waals surface area (Å²) < 4.78 is 0.993. The molecule has 5 heteroatoms. The van der Waals surface area contributed by atoms with Gasteiger partial charge in [0, 0.05) is 30.7 Å². The van der Waals surface area contributed by atoms with Crippen molar-refractivity contribution in [2.45, 2.75) is 19.0 Å². The first kappa shape index (κ1) is 13.4. The van der Waals surface area contributed by atoms with Gasteiger partial charge in [-0.25, -0.2) is 0 Å². The summed E-state index contributed by atoms with van der Waals surface area (Å²) in [6.07, 6.45) is 0. The van der Waals surface area contributed by atoms with Gasteiger partial charge in [-0.3, -0.25) is 4.79 Å². The van der Waals surface area contributed by atoms with E-state index < -0.39 is 0 Å². The maximum Gasteiger partial charge on any atom is 0.246 e. The number of rotatable bonds is 2. The molecule has 0 bridgehead atoms. The third kappa shape index (κ3) is 2.24. The van der Waals surface area contributed by atoms with E-state index in [2.05, 4.69) is 27.8 Å². The molecule has 1 amide bonds. The number of carbonyl (C=O) groups is 1. The third-order valence-electron chi connectivity index (χ3n) is 3.36. The van der Waals surface area contributed by atoms with E-state index in [4.69, 9.17) is 5.73 Å². The molecule has 2 N–H and O–H groups in total. The number of likely N-dealkylation sites (N-methyl/N-ethyl adjacent to an activating group) is 1. The molecule has 1 aromatic carbocycles. The maximum absolute atomic E-state index is 12.2. The number of hydrogen-bond acceptors (Lipinski definition) is 3. The highest BCUT2D eigenvalue weighted by molar-refractivity contribution is 9.10. The highest BCUT2D eigenvalue weighted by atomic mass is 79.9. The SMILES string of the molecule is CC1CN(C)C(=O)C(CN)N1c1ccccc1Br. The molecule has 2 rings (SSSR count). The number of carbonyl (C=O) groups excluding carboxylic acids is 1. The molecule has 1 saturated heterocycles. The topological polar surface area (TPSA) is 49.6 Å². The Hall–Kier alpha value is -1.07. The van der Waals surface area contributed by atoms with Gasteiger partial charge in [0.15, 0.2) is 0 Å². The van der Waals surface area contributed by atoms with Crippen LogP contribution in [0.15, 0.2) is 28.7 Å². The van der Waals surface area contributed by atoms with Crippen molar-refractivity contribution in [1.82, 2.24) is 4.90 Å². The summed E-state index contributed by atoms with van der Waals surface area (Å²) in [5.41, 5.74) is 6.82. The molecule has 1 aliphatic rings. The van der Waals surface area contributed by atoms with Gasteiger partial charge in [0.05, 0.1) is 5.69 Å². The van der Waals surface area contributed by atoms with Crippen molar-refractivity contribution >= 4 is 27.5 Å². The fraction of sp³-hybridized carbons (Fsp3) is 0.462. The Bertz CT molecular complexity index is 452. The van der Waals surface area contributed by atoms with Crippen LogP contribution in [0.25, 0.3) is 0 Å². The van der Waals surface area contributed by atoms with Crippen molar-refractivity contribution in [3.05, 3.63) is 28.7 Å².